The largest absolute Gasteiger partial charge is 0.370 e. The fourth-order valence-corrected chi connectivity index (χ4v) is 5.89. The van der Waals surface area contributed by atoms with Gasteiger partial charge in [-0.15, -0.1) is 5.10 Å². The van der Waals surface area contributed by atoms with Crippen LogP contribution in [-0.4, -0.2) is 47.7 Å². The number of sulfonamides is 2. The molecule has 0 radical (unpaired) electrons. The second kappa shape index (κ2) is 8.35. The van der Waals surface area contributed by atoms with Crippen molar-refractivity contribution in [3.63, 3.8) is 0 Å². The van der Waals surface area contributed by atoms with Crippen LogP contribution in [0.2, 0.25) is 5.02 Å². The predicted octanol–water partition coefficient (Wildman–Crippen LogP) is 1.11. The lowest BCUT2D eigenvalue weighted by atomic mass is 10.2. The van der Waals surface area contributed by atoms with Gasteiger partial charge in [0.15, 0.2) is 0 Å². The fraction of sp³-hybridized carbons (Fsp3) is 0.176. The highest BCUT2D eigenvalue weighted by Crippen LogP contribution is 2.35. The van der Waals surface area contributed by atoms with Gasteiger partial charge in [-0.2, -0.15) is 4.31 Å². The lowest BCUT2D eigenvalue weighted by Gasteiger charge is -2.29. The van der Waals surface area contributed by atoms with E-state index in [-0.39, 0.29) is 41.1 Å². The van der Waals surface area contributed by atoms with Gasteiger partial charge in [-0.3, -0.25) is 10.1 Å². The summed E-state index contributed by atoms with van der Waals surface area (Å²) in [4.78, 5) is 9.48. The Hall–Kier alpha value is -3.11. The molecule has 1 aliphatic rings. The van der Waals surface area contributed by atoms with Gasteiger partial charge in [0.25, 0.3) is 5.69 Å². The van der Waals surface area contributed by atoms with Crippen LogP contribution < -0.4 is 10.5 Å². The van der Waals surface area contributed by atoms with E-state index in [2.05, 4.69) is 15.6 Å². The molecule has 0 fully saturated rings. The first-order chi connectivity index (χ1) is 15.4. The molecular formula is C17H16ClN7O6S2. The summed E-state index contributed by atoms with van der Waals surface area (Å²) in [6.07, 6.45) is 1.55. The van der Waals surface area contributed by atoms with E-state index in [0.717, 1.165) is 15.9 Å². The number of primary sulfonamides is 1. The van der Waals surface area contributed by atoms with E-state index >= 15 is 0 Å². The SMILES string of the molecule is NS(=O)(=O)c1cc2c(cc1Cl)NCN(Cc1cn(Cc3ccc([N+](=O)[O-])cc3)nn1)S2(=O)=O. The van der Waals surface area contributed by atoms with Gasteiger partial charge in [-0.1, -0.05) is 28.9 Å². The molecule has 2 aromatic carbocycles. The Balaban J connectivity index is 1.54. The standard InChI is InChI=1S/C17H16ClN7O6S2/c18-14-5-15-17(6-16(14)32(19,28)29)33(30,31)24(10-20-15)9-12-8-23(22-21-12)7-11-1-3-13(4-2-11)25(26)27/h1-6,8,20H,7,9-10H2,(H2,19,28,29). The monoisotopic (exact) mass is 513 g/mol. The van der Waals surface area contributed by atoms with Crippen molar-refractivity contribution in [2.24, 2.45) is 5.14 Å². The zero-order valence-corrected chi connectivity index (χ0v) is 19.0. The summed E-state index contributed by atoms with van der Waals surface area (Å²) < 4.78 is 52.2. The van der Waals surface area contributed by atoms with Crippen molar-refractivity contribution < 1.29 is 21.8 Å². The first-order valence-corrected chi connectivity index (χ1v) is 12.5. The van der Waals surface area contributed by atoms with Gasteiger partial charge in [0.2, 0.25) is 20.0 Å². The topological polar surface area (TPSA) is 183 Å². The molecule has 0 unspecified atom stereocenters. The zero-order chi connectivity index (χ0) is 24.0. The van der Waals surface area contributed by atoms with Crippen LogP contribution in [0.25, 0.3) is 0 Å². The van der Waals surface area contributed by atoms with E-state index in [1.165, 1.54) is 22.9 Å². The normalized spacial score (nSPS) is 15.6. The smallest absolute Gasteiger partial charge is 0.269 e. The van der Waals surface area contributed by atoms with E-state index in [4.69, 9.17) is 16.7 Å². The number of anilines is 1. The maximum Gasteiger partial charge on any atom is 0.269 e. The molecule has 4 rings (SSSR count). The molecule has 16 heteroatoms. The Labute approximate surface area is 193 Å². The van der Waals surface area contributed by atoms with Crippen molar-refractivity contribution in [3.05, 3.63) is 69.0 Å². The molecule has 0 aliphatic carbocycles. The molecule has 3 N–H and O–H groups in total. The number of nitrogens with two attached hydrogens (primary N) is 1. The van der Waals surface area contributed by atoms with Gasteiger partial charge in [-0.05, 0) is 17.7 Å². The van der Waals surface area contributed by atoms with Crippen LogP contribution in [0, 0.1) is 10.1 Å². The highest BCUT2D eigenvalue weighted by atomic mass is 35.5. The number of benzene rings is 2. The number of nitrogens with zero attached hydrogens (tertiary/aromatic N) is 5. The number of nitrogens with one attached hydrogen (secondary N) is 1. The Bertz CT molecular complexity index is 1460. The lowest BCUT2D eigenvalue weighted by molar-refractivity contribution is -0.384. The molecule has 0 atom stereocenters. The van der Waals surface area contributed by atoms with Crippen molar-refractivity contribution in [2.45, 2.75) is 22.9 Å². The summed E-state index contributed by atoms with van der Waals surface area (Å²) in [5, 5.41) is 26.5. The quantitative estimate of drug-likeness (QED) is 0.360. The average Bonchev–Trinajstić information content (AvgIpc) is 3.16. The number of non-ortho nitro benzene ring substituents is 1. The van der Waals surface area contributed by atoms with Gasteiger partial charge < -0.3 is 5.32 Å². The van der Waals surface area contributed by atoms with Crippen LogP contribution in [0.4, 0.5) is 11.4 Å². The Morgan fingerprint density at radius 2 is 1.91 bits per heavy atom. The third-order valence-corrected chi connectivity index (χ3v) is 8.03. The maximum atomic E-state index is 13.1. The van der Waals surface area contributed by atoms with E-state index in [1.807, 2.05) is 0 Å². The molecule has 0 saturated carbocycles. The van der Waals surface area contributed by atoms with Crippen molar-refractivity contribution in [2.75, 3.05) is 12.0 Å². The van der Waals surface area contributed by atoms with Crippen molar-refractivity contribution in [1.29, 1.82) is 0 Å². The molecule has 174 valence electrons. The van der Waals surface area contributed by atoms with Gasteiger partial charge in [0.05, 0.1) is 47.3 Å². The van der Waals surface area contributed by atoms with E-state index in [9.17, 15) is 26.9 Å². The molecule has 0 bridgehead atoms. The maximum absolute atomic E-state index is 13.1. The van der Waals surface area contributed by atoms with Crippen LogP contribution in [0.5, 0.6) is 0 Å². The second-order valence-corrected chi connectivity index (χ2v) is 10.9. The van der Waals surface area contributed by atoms with Crippen LogP contribution in [0.15, 0.2) is 52.4 Å². The van der Waals surface area contributed by atoms with Crippen molar-refractivity contribution >= 4 is 43.0 Å². The molecule has 2 heterocycles. The van der Waals surface area contributed by atoms with E-state index < -0.39 is 29.9 Å². The summed E-state index contributed by atoms with van der Waals surface area (Å²) in [7, 11) is -8.32. The summed E-state index contributed by atoms with van der Waals surface area (Å²) in [6, 6.07) is 8.05. The number of hydrogen-bond acceptors (Lipinski definition) is 9. The third-order valence-electron chi connectivity index (χ3n) is 4.82. The van der Waals surface area contributed by atoms with E-state index in [0.29, 0.717) is 5.69 Å². The Morgan fingerprint density at radius 1 is 1.21 bits per heavy atom. The fourth-order valence-electron chi connectivity index (χ4n) is 3.22. The summed E-state index contributed by atoms with van der Waals surface area (Å²) in [5.74, 6) is 0. The Kier molecular flexibility index (Phi) is 5.83. The highest BCUT2D eigenvalue weighted by Gasteiger charge is 2.34. The van der Waals surface area contributed by atoms with Crippen LogP contribution in [0.3, 0.4) is 0 Å². The highest BCUT2D eigenvalue weighted by molar-refractivity contribution is 7.90. The molecule has 3 aromatic rings. The zero-order valence-electron chi connectivity index (χ0n) is 16.6. The molecule has 0 spiro atoms. The molecular weight excluding hydrogens is 498 g/mol. The number of hydrogen-bond donors (Lipinski definition) is 2. The number of rotatable bonds is 6. The number of halogens is 1. The van der Waals surface area contributed by atoms with Gasteiger partial charge in [0.1, 0.15) is 9.79 Å². The summed E-state index contributed by atoms with van der Waals surface area (Å²) >= 11 is 5.94. The van der Waals surface area contributed by atoms with Crippen LogP contribution in [-0.2, 0) is 33.1 Å². The van der Waals surface area contributed by atoms with Crippen molar-refractivity contribution in [3.8, 4) is 0 Å². The van der Waals surface area contributed by atoms with Gasteiger partial charge >= 0.3 is 0 Å². The van der Waals surface area contributed by atoms with Crippen LogP contribution >= 0.6 is 11.6 Å². The number of fused-ring (bicyclic) bond motifs is 1. The molecule has 0 amide bonds. The van der Waals surface area contributed by atoms with Gasteiger partial charge in [-0.25, -0.2) is 26.7 Å². The summed E-state index contributed by atoms with van der Waals surface area (Å²) in [5.41, 5.74) is 1.20. The minimum atomic E-state index is -4.23. The van der Waals surface area contributed by atoms with E-state index in [1.54, 1.807) is 18.3 Å². The molecule has 0 saturated heterocycles. The third kappa shape index (κ3) is 4.67. The average molecular weight is 514 g/mol. The molecule has 13 nitrogen and oxygen atoms in total. The summed E-state index contributed by atoms with van der Waals surface area (Å²) in [6.45, 7) is 0.0347. The second-order valence-electron chi connectivity index (χ2n) is 7.10. The molecule has 1 aromatic heterocycles. The number of aromatic nitrogens is 3. The number of nitro groups is 1. The number of nitro benzene ring substituents is 1. The minimum Gasteiger partial charge on any atom is -0.370 e. The van der Waals surface area contributed by atoms with Crippen molar-refractivity contribution in [1.82, 2.24) is 19.3 Å². The molecule has 33 heavy (non-hydrogen) atoms. The predicted molar refractivity (Wildman–Crippen MR) is 116 cm³/mol. The first kappa shape index (κ1) is 23.1. The van der Waals surface area contributed by atoms with Crippen LogP contribution in [0.1, 0.15) is 11.3 Å². The van der Waals surface area contributed by atoms with Gasteiger partial charge in [0, 0.05) is 12.1 Å². The minimum absolute atomic E-state index is 0.0343. The Morgan fingerprint density at radius 3 is 2.55 bits per heavy atom. The lowest BCUT2D eigenvalue weighted by Crippen LogP contribution is -2.39. The molecule has 1 aliphatic heterocycles. The first-order valence-electron chi connectivity index (χ1n) is 9.18.